The van der Waals surface area contributed by atoms with E-state index in [1.165, 1.54) is 0 Å². The van der Waals surface area contributed by atoms with Crippen LogP contribution in [0.3, 0.4) is 0 Å². The van der Waals surface area contributed by atoms with Crippen LogP contribution >= 0.6 is 27.7 Å². The van der Waals surface area contributed by atoms with Crippen molar-refractivity contribution in [3.63, 3.8) is 0 Å². The highest BCUT2D eigenvalue weighted by molar-refractivity contribution is 9.09. The molecule has 0 spiro atoms. The minimum Gasteiger partial charge on any atom is -0.496 e. The summed E-state index contributed by atoms with van der Waals surface area (Å²) in [5, 5.41) is 0. The van der Waals surface area contributed by atoms with E-state index in [-0.39, 0.29) is 4.95 Å². The summed E-state index contributed by atoms with van der Waals surface area (Å²) in [6.07, 6.45) is 2.02. The largest absolute Gasteiger partial charge is 0.496 e. The van der Waals surface area contributed by atoms with Gasteiger partial charge in [0.2, 0.25) is 0 Å². The first-order valence-corrected chi connectivity index (χ1v) is 7.29. The minimum absolute atomic E-state index is 0.0993. The Morgan fingerprint density at radius 3 is 2.18 bits per heavy atom. The number of hydrogen-bond donors (Lipinski definition) is 0. The van der Waals surface area contributed by atoms with Crippen LogP contribution in [0.15, 0.2) is 17.0 Å². The Bertz CT molecular complexity index is 385. The van der Waals surface area contributed by atoms with E-state index in [1.807, 2.05) is 32.5 Å². The van der Waals surface area contributed by atoms with Crippen LogP contribution in [-0.2, 0) is 0 Å². The van der Waals surface area contributed by atoms with Crippen LogP contribution in [0.2, 0.25) is 0 Å². The second-order valence-corrected chi connectivity index (χ2v) is 5.46. The van der Waals surface area contributed by atoms with Gasteiger partial charge in [0, 0.05) is 5.56 Å². The maximum absolute atomic E-state index is 5.43. The van der Waals surface area contributed by atoms with Gasteiger partial charge in [0.15, 0.2) is 0 Å². The molecule has 0 aromatic heterocycles. The number of nitrogens with zero attached hydrogens (tertiary/aromatic N) is 1. The van der Waals surface area contributed by atoms with Crippen LogP contribution in [0.1, 0.15) is 10.5 Å². The second kappa shape index (κ2) is 6.52. The molecule has 3 nitrogen and oxygen atoms in total. The smallest absolute Gasteiger partial charge is 0.133 e. The lowest BCUT2D eigenvalue weighted by Gasteiger charge is -2.22. The number of alkyl halides is 1. The van der Waals surface area contributed by atoms with Gasteiger partial charge in [-0.1, -0.05) is 15.9 Å². The molecule has 96 valence electrons. The molecule has 1 atom stereocenters. The van der Waals surface area contributed by atoms with Gasteiger partial charge >= 0.3 is 0 Å². The standard InChI is InChI=1S/C12H18BrNO2S/c1-14(2)12(13)8-6-10(16-4)11(17-5)7-9(8)15-3/h6-7,12H,1-5H3. The molecule has 1 unspecified atom stereocenters. The Balaban J connectivity index is 3.28. The Morgan fingerprint density at radius 2 is 1.76 bits per heavy atom. The fourth-order valence-electron chi connectivity index (χ4n) is 1.52. The summed E-state index contributed by atoms with van der Waals surface area (Å²) in [7, 11) is 7.39. The molecule has 5 heteroatoms. The summed E-state index contributed by atoms with van der Waals surface area (Å²) < 4.78 is 10.8. The van der Waals surface area contributed by atoms with Crippen molar-refractivity contribution in [1.29, 1.82) is 0 Å². The average molecular weight is 320 g/mol. The van der Waals surface area contributed by atoms with Gasteiger partial charge in [-0.15, -0.1) is 11.8 Å². The lowest BCUT2D eigenvalue weighted by molar-refractivity contribution is 0.361. The van der Waals surface area contributed by atoms with Crippen molar-refractivity contribution in [3.05, 3.63) is 17.7 Å². The third kappa shape index (κ3) is 3.30. The number of thioether (sulfide) groups is 1. The van der Waals surface area contributed by atoms with E-state index >= 15 is 0 Å². The third-order valence-electron chi connectivity index (χ3n) is 2.45. The highest BCUT2D eigenvalue weighted by Crippen LogP contribution is 2.40. The molecule has 0 N–H and O–H groups in total. The molecule has 0 radical (unpaired) electrons. The predicted octanol–water partition coefficient (Wildman–Crippen LogP) is 3.38. The first-order valence-electron chi connectivity index (χ1n) is 5.15. The molecule has 0 aliphatic carbocycles. The van der Waals surface area contributed by atoms with Gasteiger partial charge in [-0.2, -0.15) is 0 Å². The Kier molecular flexibility index (Phi) is 5.62. The van der Waals surface area contributed by atoms with E-state index in [9.17, 15) is 0 Å². The highest BCUT2D eigenvalue weighted by Gasteiger charge is 2.18. The summed E-state index contributed by atoms with van der Waals surface area (Å²) in [6, 6.07) is 4.03. The van der Waals surface area contributed by atoms with Crippen molar-refractivity contribution >= 4 is 27.7 Å². The van der Waals surface area contributed by atoms with Crippen molar-refractivity contribution in [2.24, 2.45) is 0 Å². The zero-order chi connectivity index (χ0) is 13.0. The van der Waals surface area contributed by atoms with Crippen LogP contribution in [0.4, 0.5) is 0 Å². The lowest BCUT2D eigenvalue weighted by Crippen LogP contribution is -2.15. The molecule has 0 amide bonds. The monoisotopic (exact) mass is 319 g/mol. The molecule has 0 heterocycles. The first-order chi connectivity index (χ1) is 8.04. The van der Waals surface area contributed by atoms with Crippen LogP contribution in [0, 0.1) is 0 Å². The topological polar surface area (TPSA) is 21.7 Å². The lowest BCUT2D eigenvalue weighted by atomic mass is 10.1. The van der Waals surface area contributed by atoms with Gasteiger partial charge in [-0.05, 0) is 32.5 Å². The Labute approximate surface area is 116 Å². The number of hydrogen-bond acceptors (Lipinski definition) is 4. The summed E-state index contributed by atoms with van der Waals surface area (Å²) in [5.74, 6) is 1.74. The van der Waals surface area contributed by atoms with Gasteiger partial charge in [0.05, 0.1) is 24.1 Å². The zero-order valence-corrected chi connectivity index (χ0v) is 13.2. The molecule has 0 fully saturated rings. The molecule has 17 heavy (non-hydrogen) atoms. The molecule has 0 saturated carbocycles. The molecule has 1 aromatic rings. The second-order valence-electron chi connectivity index (χ2n) is 3.75. The Hall–Kier alpha value is -0.390. The first kappa shape index (κ1) is 14.7. The van der Waals surface area contributed by atoms with Crippen LogP contribution < -0.4 is 9.47 Å². The fourth-order valence-corrected chi connectivity index (χ4v) is 2.44. The number of rotatable bonds is 5. The molecule has 0 bridgehead atoms. The number of ether oxygens (including phenoxy) is 2. The average Bonchev–Trinajstić information content (AvgIpc) is 2.35. The maximum atomic E-state index is 5.43. The van der Waals surface area contributed by atoms with E-state index in [2.05, 4.69) is 20.8 Å². The normalized spacial score (nSPS) is 12.6. The molecule has 0 aliphatic rings. The predicted molar refractivity (Wildman–Crippen MR) is 76.7 cm³/mol. The summed E-state index contributed by atoms with van der Waals surface area (Å²) in [6.45, 7) is 0. The van der Waals surface area contributed by atoms with Gasteiger partial charge in [-0.3, -0.25) is 4.90 Å². The van der Waals surface area contributed by atoms with Crippen molar-refractivity contribution in [3.8, 4) is 11.5 Å². The quantitative estimate of drug-likeness (QED) is 0.471. The minimum atomic E-state index is 0.0993. The van der Waals surface area contributed by atoms with Crippen LogP contribution in [-0.4, -0.2) is 39.5 Å². The number of halogens is 1. The van der Waals surface area contributed by atoms with Gasteiger partial charge in [0.1, 0.15) is 11.5 Å². The molecular formula is C12H18BrNO2S. The fraction of sp³-hybridized carbons (Fsp3) is 0.500. The van der Waals surface area contributed by atoms with Gasteiger partial charge in [-0.25, -0.2) is 0 Å². The highest BCUT2D eigenvalue weighted by atomic mass is 79.9. The molecular weight excluding hydrogens is 302 g/mol. The van der Waals surface area contributed by atoms with Gasteiger partial charge in [0.25, 0.3) is 0 Å². The zero-order valence-electron chi connectivity index (χ0n) is 10.8. The third-order valence-corrected chi connectivity index (χ3v) is 4.52. The number of methoxy groups -OCH3 is 2. The number of benzene rings is 1. The molecule has 1 aromatic carbocycles. The molecule has 0 aliphatic heterocycles. The maximum Gasteiger partial charge on any atom is 0.133 e. The molecule has 1 rings (SSSR count). The SMILES string of the molecule is COc1cc(C(Br)N(C)C)c(OC)cc1SC. The van der Waals surface area contributed by atoms with Crippen LogP contribution in [0.5, 0.6) is 11.5 Å². The van der Waals surface area contributed by atoms with E-state index in [4.69, 9.17) is 9.47 Å². The summed E-state index contributed by atoms with van der Waals surface area (Å²) in [5.41, 5.74) is 1.06. The van der Waals surface area contributed by atoms with Crippen molar-refractivity contribution in [1.82, 2.24) is 4.90 Å². The van der Waals surface area contributed by atoms with Crippen molar-refractivity contribution in [2.75, 3.05) is 34.6 Å². The van der Waals surface area contributed by atoms with Crippen LogP contribution in [0.25, 0.3) is 0 Å². The summed E-state index contributed by atoms with van der Waals surface area (Å²) in [4.78, 5) is 3.24. The van der Waals surface area contributed by atoms with E-state index in [0.717, 1.165) is 22.0 Å². The Morgan fingerprint density at radius 1 is 1.18 bits per heavy atom. The van der Waals surface area contributed by atoms with E-state index < -0.39 is 0 Å². The van der Waals surface area contributed by atoms with Crippen molar-refractivity contribution < 1.29 is 9.47 Å². The van der Waals surface area contributed by atoms with E-state index in [0.29, 0.717) is 0 Å². The van der Waals surface area contributed by atoms with Gasteiger partial charge < -0.3 is 9.47 Å². The van der Waals surface area contributed by atoms with Crippen molar-refractivity contribution in [2.45, 2.75) is 9.85 Å². The summed E-state index contributed by atoms with van der Waals surface area (Å²) >= 11 is 5.28. The molecule has 0 saturated heterocycles. The van der Waals surface area contributed by atoms with E-state index in [1.54, 1.807) is 26.0 Å².